The third-order valence-corrected chi connectivity index (χ3v) is 7.15. The van der Waals surface area contributed by atoms with Crippen LogP contribution in [0.1, 0.15) is 28.7 Å². The van der Waals surface area contributed by atoms with Crippen molar-refractivity contribution in [3.8, 4) is 0 Å². The van der Waals surface area contributed by atoms with Crippen molar-refractivity contribution in [1.82, 2.24) is 14.8 Å². The number of sulfone groups is 1. The fraction of sp³-hybridized carbons (Fsp3) is 0.238. The Balaban J connectivity index is 1.65. The van der Waals surface area contributed by atoms with E-state index in [0.717, 1.165) is 17.3 Å². The third-order valence-electron chi connectivity index (χ3n) is 4.56. The van der Waals surface area contributed by atoms with Crippen molar-refractivity contribution in [3.05, 3.63) is 65.5 Å². The molecule has 1 heterocycles. The quantitative estimate of drug-likeness (QED) is 0.453. The number of aromatic carboxylic acids is 1. The van der Waals surface area contributed by atoms with Crippen LogP contribution in [0.2, 0.25) is 0 Å². The van der Waals surface area contributed by atoms with Gasteiger partial charge >= 0.3 is 5.97 Å². The Hall–Kier alpha value is -3.18. The van der Waals surface area contributed by atoms with Crippen LogP contribution >= 0.6 is 11.8 Å². The van der Waals surface area contributed by atoms with Crippen molar-refractivity contribution in [2.24, 2.45) is 0 Å². The van der Waals surface area contributed by atoms with Gasteiger partial charge in [-0.1, -0.05) is 29.5 Å². The van der Waals surface area contributed by atoms with Gasteiger partial charge in [-0.2, -0.15) is 0 Å². The molecule has 1 aromatic heterocycles. The summed E-state index contributed by atoms with van der Waals surface area (Å²) in [5, 5.41) is 20.1. The standard InChI is InChI=1S/C21H22N4O5S2/c1-3-25-18(13-32(29,30)17-10-4-14(2)5-11-17)23-24-21(25)31-12-19(26)22-16-8-6-15(7-9-16)20(27)28/h4-11H,3,12-13H2,1-2H3,(H,22,26)(H,27,28). The zero-order valence-electron chi connectivity index (χ0n) is 17.5. The summed E-state index contributed by atoms with van der Waals surface area (Å²) < 4.78 is 27.1. The van der Waals surface area contributed by atoms with Crippen LogP contribution in [-0.4, -0.2) is 45.9 Å². The molecule has 0 aliphatic carbocycles. The Kier molecular flexibility index (Phi) is 7.31. The Morgan fingerprint density at radius 1 is 1.06 bits per heavy atom. The lowest BCUT2D eigenvalue weighted by Crippen LogP contribution is -2.15. The lowest BCUT2D eigenvalue weighted by molar-refractivity contribution is -0.113. The van der Waals surface area contributed by atoms with Gasteiger partial charge in [0.15, 0.2) is 15.0 Å². The van der Waals surface area contributed by atoms with Crippen LogP contribution in [0.15, 0.2) is 58.6 Å². The number of nitrogens with one attached hydrogen (secondary N) is 1. The van der Waals surface area contributed by atoms with Crippen molar-refractivity contribution in [3.63, 3.8) is 0 Å². The molecule has 1 amide bonds. The first kappa shape index (κ1) is 23.5. The minimum absolute atomic E-state index is 0.0313. The zero-order chi connectivity index (χ0) is 23.3. The first-order valence-electron chi connectivity index (χ1n) is 9.67. The van der Waals surface area contributed by atoms with E-state index < -0.39 is 15.8 Å². The number of hydrogen-bond acceptors (Lipinski definition) is 7. The second kappa shape index (κ2) is 9.96. The molecule has 2 aromatic carbocycles. The largest absolute Gasteiger partial charge is 0.478 e. The van der Waals surface area contributed by atoms with Crippen LogP contribution in [0, 0.1) is 6.92 Å². The maximum absolute atomic E-state index is 12.7. The molecule has 0 saturated heterocycles. The van der Waals surface area contributed by atoms with Gasteiger partial charge in [-0.05, 0) is 50.2 Å². The van der Waals surface area contributed by atoms with Crippen LogP contribution in [0.5, 0.6) is 0 Å². The highest BCUT2D eigenvalue weighted by atomic mass is 32.2. The van der Waals surface area contributed by atoms with Crippen LogP contribution in [-0.2, 0) is 26.9 Å². The van der Waals surface area contributed by atoms with Crippen molar-refractivity contribution in [2.75, 3.05) is 11.1 Å². The molecule has 168 valence electrons. The SMILES string of the molecule is CCn1c(CS(=O)(=O)c2ccc(C)cc2)nnc1SCC(=O)Nc1ccc(C(=O)O)cc1. The Labute approximate surface area is 189 Å². The molecule has 0 saturated carbocycles. The molecular formula is C21H22N4O5S2. The highest BCUT2D eigenvalue weighted by Gasteiger charge is 2.21. The van der Waals surface area contributed by atoms with E-state index in [1.807, 2.05) is 13.8 Å². The highest BCUT2D eigenvalue weighted by Crippen LogP contribution is 2.21. The maximum atomic E-state index is 12.7. The van der Waals surface area contributed by atoms with E-state index in [2.05, 4.69) is 15.5 Å². The van der Waals surface area contributed by atoms with Gasteiger partial charge in [0.25, 0.3) is 0 Å². The average Bonchev–Trinajstić information content (AvgIpc) is 3.13. The number of hydrogen-bond donors (Lipinski definition) is 2. The maximum Gasteiger partial charge on any atom is 0.335 e. The normalized spacial score (nSPS) is 11.3. The molecule has 2 N–H and O–H groups in total. The summed E-state index contributed by atoms with van der Waals surface area (Å²) in [5.74, 6) is -1.31. The first-order chi connectivity index (χ1) is 15.2. The van der Waals surface area contributed by atoms with Crippen molar-refractivity contribution >= 4 is 39.2 Å². The van der Waals surface area contributed by atoms with E-state index >= 15 is 0 Å². The van der Waals surface area contributed by atoms with E-state index in [1.165, 1.54) is 24.3 Å². The van der Waals surface area contributed by atoms with E-state index in [1.54, 1.807) is 28.8 Å². The second-order valence-electron chi connectivity index (χ2n) is 6.93. The number of carbonyl (C=O) groups is 2. The van der Waals surface area contributed by atoms with E-state index in [9.17, 15) is 18.0 Å². The Bertz CT molecular complexity index is 1220. The molecule has 0 atom stereocenters. The second-order valence-corrected chi connectivity index (χ2v) is 9.87. The van der Waals surface area contributed by atoms with Gasteiger partial charge < -0.3 is 15.0 Å². The van der Waals surface area contributed by atoms with Crippen LogP contribution in [0.4, 0.5) is 5.69 Å². The number of nitrogens with zero attached hydrogens (tertiary/aromatic N) is 3. The molecule has 3 aromatic rings. The van der Waals surface area contributed by atoms with Gasteiger partial charge in [-0.25, -0.2) is 13.2 Å². The number of aromatic nitrogens is 3. The van der Waals surface area contributed by atoms with Gasteiger partial charge in [0, 0.05) is 12.2 Å². The molecule has 0 radical (unpaired) electrons. The number of thioether (sulfide) groups is 1. The van der Waals surface area contributed by atoms with Gasteiger partial charge in [-0.3, -0.25) is 4.79 Å². The summed E-state index contributed by atoms with van der Waals surface area (Å²) in [6.45, 7) is 4.18. The number of amides is 1. The van der Waals surface area contributed by atoms with E-state index in [0.29, 0.717) is 23.2 Å². The third kappa shape index (κ3) is 5.74. The Morgan fingerprint density at radius 3 is 2.31 bits per heavy atom. The minimum atomic E-state index is -3.58. The summed E-state index contributed by atoms with van der Waals surface area (Å²) in [4.78, 5) is 23.4. The molecule has 0 aliphatic heterocycles. The van der Waals surface area contributed by atoms with E-state index in [-0.39, 0.29) is 27.9 Å². The number of benzene rings is 2. The van der Waals surface area contributed by atoms with Gasteiger partial charge in [0.1, 0.15) is 11.6 Å². The average molecular weight is 475 g/mol. The number of rotatable bonds is 9. The van der Waals surface area contributed by atoms with Crippen LogP contribution in [0.25, 0.3) is 0 Å². The lowest BCUT2D eigenvalue weighted by Gasteiger charge is -2.09. The molecule has 0 aliphatic rings. The van der Waals surface area contributed by atoms with Gasteiger partial charge in [0.2, 0.25) is 5.91 Å². The molecule has 3 rings (SSSR count). The lowest BCUT2D eigenvalue weighted by atomic mass is 10.2. The molecule has 0 spiro atoms. The molecule has 11 heteroatoms. The number of carbonyl (C=O) groups excluding carboxylic acids is 1. The minimum Gasteiger partial charge on any atom is -0.478 e. The van der Waals surface area contributed by atoms with E-state index in [4.69, 9.17) is 5.11 Å². The van der Waals surface area contributed by atoms with Crippen LogP contribution < -0.4 is 5.32 Å². The summed E-state index contributed by atoms with van der Waals surface area (Å²) in [5.41, 5.74) is 1.57. The summed E-state index contributed by atoms with van der Waals surface area (Å²) in [7, 11) is -3.58. The topological polar surface area (TPSA) is 131 Å². The highest BCUT2D eigenvalue weighted by molar-refractivity contribution is 7.99. The molecule has 32 heavy (non-hydrogen) atoms. The predicted octanol–water partition coefficient (Wildman–Crippen LogP) is 3.01. The molecule has 0 bridgehead atoms. The predicted molar refractivity (Wildman–Crippen MR) is 121 cm³/mol. The fourth-order valence-corrected chi connectivity index (χ4v) is 4.96. The number of aryl methyl sites for hydroxylation is 1. The monoisotopic (exact) mass is 474 g/mol. The molecule has 9 nitrogen and oxygen atoms in total. The Morgan fingerprint density at radius 2 is 1.72 bits per heavy atom. The molecule has 0 fully saturated rings. The van der Waals surface area contributed by atoms with Crippen molar-refractivity contribution in [2.45, 2.75) is 36.2 Å². The smallest absolute Gasteiger partial charge is 0.335 e. The van der Waals surface area contributed by atoms with Gasteiger partial charge in [-0.15, -0.1) is 10.2 Å². The van der Waals surface area contributed by atoms with Crippen LogP contribution in [0.3, 0.4) is 0 Å². The number of carboxylic acid groups (broad SMARTS) is 1. The van der Waals surface area contributed by atoms with Crippen molar-refractivity contribution < 1.29 is 23.1 Å². The number of carboxylic acids is 1. The van der Waals surface area contributed by atoms with Crippen molar-refractivity contribution in [1.29, 1.82) is 0 Å². The number of anilines is 1. The molecular weight excluding hydrogens is 452 g/mol. The summed E-state index contributed by atoms with van der Waals surface area (Å²) >= 11 is 1.14. The first-order valence-corrected chi connectivity index (χ1v) is 12.3. The fourth-order valence-electron chi connectivity index (χ4n) is 2.87. The summed E-state index contributed by atoms with van der Waals surface area (Å²) in [6, 6.07) is 12.4. The summed E-state index contributed by atoms with van der Waals surface area (Å²) in [6.07, 6.45) is 0. The molecule has 0 unspecified atom stereocenters. The zero-order valence-corrected chi connectivity index (χ0v) is 19.1. The van der Waals surface area contributed by atoms with Gasteiger partial charge in [0.05, 0.1) is 16.2 Å².